The third kappa shape index (κ3) is 8.38. The van der Waals surface area contributed by atoms with Gasteiger partial charge in [0.05, 0.1) is 18.2 Å². The van der Waals surface area contributed by atoms with Crippen LogP contribution in [0.15, 0.2) is 197 Å². The molecule has 9 aromatic heterocycles. The van der Waals surface area contributed by atoms with Gasteiger partial charge in [-0.15, -0.1) is 102 Å². The molecule has 3 aliphatic carbocycles. The van der Waals surface area contributed by atoms with E-state index in [0.29, 0.717) is 66.8 Å². The second-order valence-electron chi connectivity index (χ2n) is 20.3. The Hall–Kier alpha value is -9.66. The summed E-state index contributed by atoms with van der Waals surface area (Å²) >= 11 is 15.4. The summed E-state index contributed by atoms with van der Waals surface area (Å²) in [6.07, 6.45) is 0. The van der Waals surface area contributed by atoms with Gasteiger partial charge >= 0.3 is 5.82 Å². The second kappa shape index (κ2) is 21.1. The molecule has 0 saturated heterocycles. The largest absolute Gasteiger partial charge is 0.527 e. The van der Waals surface area contributed by atoms with Crippen molar-refractivity contribution in [2.75, 3.05) is 0 Å². The summed E-state index contributed by atoms with van der Waals surface area (Å²) in [6, 6.07) is 63.9. The van der Waals surface area contributed by atoms with Crippen molar-refractivity contribution in [2.24, 2.45) is 0 Å². The SMILES string of the molecule is [C-]#[N+]C(C#N)=C1c2cc(-c3ccc(-c4ccc(-c5cccs5)s4)s3)ccc2-c2c1c1c(c3c2C(=C([N+]#[C-])[N+]#[C-])c2cc(-c4ccc(-c5ccc(-c6cccs6)s5)s4)ccc2-3)C(=C(C#N)C#N)c2cc(-c3ccc(-c4ccc(-c5cccs5)s4)s3)ccc2-1. The number of nitriles is 3. The molecule has 9 heterocycles. The maximum absolute atomic E-state index is 11.2. The van der Waals surface area contributed by atoms with E-state index < -0.39 is 0 Å². The lowest BCUT2D eigenvalue weighted by molar-refractivity contribution is 1.46. The molecular weight excluding hydrogens is 1240 g/mol. The van der Waals surface area contributed by atoms with Crippen LogP contribution in [0.25, 0.3) is 154 Å². The van der Waals surface area contributed by atoms with Crippen molar-refractivity contribution in [3.63, 3.8) is 0 Å². The first-order chi connectivity index (χ1) is 42.8. The van der Waals surface area contributed by atoms with Crippen LogP contribution in [-0.2, 0) is 0 Å². The number of rotatable bonds is 9. The van der Waals surface area contributed by atoms with E-state index in [4.69, 9.17) is 19.7 Å². The van der Waals surface area contributed by atoms with Gasteiger partial charge < -0.3 is 0 Å². The van der Waals surface area contributed by atoms with Gasteiger partial charge in [-0.1, -0.05) is 54.6 Å². The fraction of sp³-hybridized carbons (Fsp3) is 0. The molecule has 87 heavy (non-hydrogen) atoms. The molecule has 0 fully saturated rings. The molecule has 15 heteroatoms. The predicted octanol–water partition coefficient (Wildman–Crippen LogP) is 23.8. The van der Waals surface area contributed by atoms with Crippen LogP contribution >= 0.6 is 102 Å². The summed E-state index contributed by atoms with van der Waals surface area (Å²) in [5.74, 6) is -0.144. The van der Waals surface area contributed by atoms with Crippen molar-refractivity contribution in [3.8, 4) is 141 Å². The van der Waals surface area contributed by atoms with Gasteiger partial charge in [0.25, 0.3) is 5.70 Å². The first-order valence-electron chi connectivity index (χ1n) is 26.8. The van der Waals surface area contributed by atoms with E-state index in [1.807, 2.05) is 0 Å². The van der Waals surface area contributed by atoms with Crippen LogP contribution in [0.3, 0.4) is 0 Å². The van der Waals surface area contributed by atoms with Gasteiger partial charge in [-0.05, 0) is 203 Å². The average Bonchev–Trinajstić information content (AvgIpc) is 1.51. The highest BCUT2D eigenvalue weighted by atomic mass is 32.1. The van der Waals surface area contributed by atoms with Gasteiger partial charge in [-0.3, -0.25) is 0 Å². The van der Waals surface area contributed by atoms with Crippen molar-refractivity contribution in [1.29, 1.82) is 15.8 Å². The van der Waals surface area contributed by atoms with Crippen molar-refractivity contribution >= 4 is 119 Å². The van der Waals surface area contributed by atoms with E-state index in [1.54, 1.807) is 102 Å². The zero-order valence-electron chi connectivity index (χ0n) is 44.7. The third-order valence-electron chi connectivity index (χ3n) is 15.8. The highest BCUT2D eigenvalue weighted by molar-refractivity contribution is 7.28. The summed E-state index contributed by atoms with van der Waals surface area (Å²) in [4.78, 5) is 29.0. The minimum atomic E-state index is -0.144. The summed E-state index contributed by atoms with van der Waals surface area (Å²) in [6.45, 7) is 26.1. The number of allylic oxidation sites excluding steroid dienone is 2. The van der Waals surface area contributed by atoms with Crippen LogP contribution in [0.5, 0.6) is 0 Å². The van der Waals surface area contributed by atoms with Crippen LogP contribution in [0, 0.1) is 53.7 Å². The lowest BCUT2D eigenvalue weighted by Gasteiger charge is -2.18. The van der Waals surface area contributed by atoms with Crippen molar-refractivity contribution < 1.29 is 0 Å². The maximum atomic E-state index is 11.2. The average molecular weight is 1270 g/mol. The normalized spacial score (nSPS) is 12.6. The Morgan fingerprint density at radius 2 is 0.609 bits per heavy atom. The molecular formula is C72H30N6S9. The fourth-order valence-corrected chi connectivity index (χ4v) is 21.0. The Balaban J connectivity index is 0.920. The van der Waals surface area contributed by atoms with Crippen LogP contribution in [-0.4, -0.2) is 0 Å². The molecule has 0 bridgehead atoms. The molecule has 0 saturated carbocycles. The predicted molar refractivity (Wildman–Crippen MR) is 367 cm³/mol. The van der Waals surface area contributed by atoms with Crippen LogP contribution < -0.4 is 0 Å². The smallest absolute Gasteiger partial charge is 0.226 e. The summed E-state index contributed by atoms with van der Waals surface area (Å²) in [5.41, 5.74) is 11.8. The zero-order valence-corrected chi connectivity index (χ0v) is 52.0. The molecule has 6 nitrogen and oxygen atoms in total. The lowest BCUT2D eigenvalue weighted by atomic mass is 9.83. The highest BCUT2D eigenvalue weighted by Gasteiger charge is 2.46. The lowest BCUT2D eigenvalue weighted by Crippen LogP contribution is -1.99. The van der Waals surface area contributed by atoms with E-state index in [2.05, 4.69) is 213 Å². The van der Waals surface area contributed by atoms with E-state index in [-0.39, 0.29) is 17.1 Å². The first-order valence-corrected chi connectivity index (χ1v) is 34.4. The molecule has 16 rings (SSSR count). The summed E-state index contributed by atoms with van der Waals surface area (Å²) in [7, 11) is 0. The minimum absolute atomic E-state index is 0.107. The van der Waals surface area contributed by atoms with Crippen LogP contribution in [0.4, 0.5) is 0 Å². The summed E-state index contributed by atoms with van der Waals surface area (Å²) in [5, 5.41) is 39.8. The highest BCUT2D eigenvalue weighted by Crippen LogP contribution is 2.66. The number of hydrogen-bond acceptors (Lipinski definition) is 12. The number of hydrogen-bond donors (Lipinski definition) is 0. The molecule has 4 aromatic carbocycles. The first kappa shape index (κ1) is 52.9. The second-order valence-corrected chi connectivity index (χ2v) is 29.6. The van der Waals surface area contributed by atoms with Crippen molar-refractivity contribution in [3.05, 3.63) is 265 Å². The molecule has 0 radical (unpaired) electrons. The topological polar surface area (TPSA) is 84.4 Å². The number of thiophene rings is 9. The van der Waals surface area contributed by atoms with Gasteiger partial charge in [0, 0.05) is 89.9 Å². The maximum Gasteiger partial charge on any atom is 0.527 e. The van der Waals surface area contributed by atoms with E-state index in [0.717, 1.165) is 77.3 Å². The minimum Gasteiger partial charge on any atom is -0.226 e. The van der Waals surface area contributed by atoms with E-state index >= 15 is 0 Å². The molecule has 402 valence electrons. The molecule has 0 amide bonds. The number of fused-ring (bicyclic) bond motifs is 12. The van der Waals surface area contributed by atoms with Gasteiger partial charge in [0.1, 0.15) is 30.9 Å². The Morgan fingerprint density at radius 3 is 0.931 bits per heavy atom. The van der Waals surface area contributed by atoms with Gasteiger partial charge in [0.15, 0.2) is 0 Å². The Morgan fingerprint density at radius 1 is 0.299 bits per heavy atom. The monoisotopic (exact) mass is 1270 g/mol. The Labute approximate surface area is 535 Å². The standard InChI is InChI=1S/C72H30N6S9/c1-76-47(36-75)64-45-32-38(49-17-20-58(83-49)61-26-23-55(86-61)52-8-5-29-80-52)11-14-42(45)67-70(64)65-41-13-10-37(48-16-19-57(82-48)60-25-22-54(85-60)51-7-4-28-79-51)31-44(41)63(40(34-73)35-74)69(65)66-43-15-12-39(33-46(43)68(71(66)67)72(77-2)78-3)50-18-21-59(84-50)62-27-24-56(87-62)53-9-6-30-81-53/h4-33H. The molecule has 3 aliphatic rings. The molecule has 0 aliphatic heterocycles. The van der Waals surface area contributed by atoms with Crippen LogP contribution in [0.2, 0.25) is 0 Å². The van der Waals surface area contributed by atoms with Gasteiger partial charge in [-0.2, -0.15) is 20.2 Å². The zero-order chi connectivity index (χ0) is 58.6. The summed E-state index contributed by atoms with van der Waals surface area (Å²) < 4.78 is 0. The molecule has 0 spiro atoms. The molecule has 0 N–H and O–H groups in total. The van der Waals surface area contributed by atoms with Crippen molar-refractivity contribution in [1.82, 2.24) is 0 Å². The van der Waals surface area contributed by atoms with E-state index in [9.17, 15) is 15.8 Å². The Bertz CT molecular complexity index is 4870. The van der Waals surface area contributed by atoms with Crippen molar-refractivity contribution in [2.45, 2.75) is 0 Å². The number of nitrogens with zero attached hydrogens (tertiary/aromatic N) is 6. The van der Waals surface area contributed by atoms with Gasteiger partial charge in [-0.25, -0.2) is 10.1 Å². The van der Waals surface area contributed by atoms with Crippen LogP contribution in [0.1, 0.15) is 33.4 Å². The molecule has 13 aromatic rings. The number of benzene rings is 4. The van der Waals surface area contributed by atoms with Gasteiger partial charge in [0.2, 0.25) is 0 Å². The fourth-order valence-electron chi connectivity index (χ4n) is 12.2. The quantitative estimate of drug-likeness (QED) is 0.107. The van der Waals surface area contributed by atoms with E-state index in [1.165, 1.54) is 29.3 Å². The Kier molecular flexibility index (Phi) is 12.8. The third-order valence-corrected chi connectivity index (χ3v) is 26.2. The molecule has 0 unspecified atom stereocenters. The molecule has 0 atom stereocenters.